The van der Waals surface area contributed by atoms with E-state index in [1.807, 2.05) is 0 Å². The van der Waals surface area contributed by atoms with Crippen LogP contribution in [0, 0.1) is 5.82 Å². The summed E-state index contributed by atoms with van der Waals surface area (Å²) >= 11 is 12.2. The summed E-state index contributed by atoms with van der Waals surface area (Å²) in [5, 5.41) is 5.00. The van der Waals surface area contributed by atoms with Crippen molar-refractivity contribution in [3.8, 4) is 16.9 Å². The lowest BCUT2D eigenvalue weighted by atomic mass is 10.1. The van der Waals surface area contributed by atoms with Gasteiger partial charge in [0, 0.05) is 10.6 Å². The van der Waals surface area contributed by atoms with Crippen molar-refractivity contribution in [2.24, 2.45) is 0 Å². The van der Waals surface area contributed by atoms with E-state index in [2.05, 4.69) is 5.10 Å². The summed E-state index contributed by atoms with van der Waals surface area (Å²) in [7, 11) is 0. The Kier molecular flexibility index (Phi) is 3.96. The van der Waals surface area contributed by atoms with Crippen LogP contribution in [0.4, 0.5) is 4.39 Å². The summed E-state index contributed by atoms with van der Waals surface area (Å²) in [5.41, 5.74) is 1.61. The van der Waals surface area contributed by atoms with Crippen molar-refractivity contribution in [2.45, 2.75) is 0 Å². The molecule has 0 fully saturated rings. The molecule has 0 amide bonds. The monoisotopic (exact) mass is 334 g/mol. The Morgan fingerprint density at radius 3 is 2.55 bits per heavy atom. The van der Waals surface area contributed by atoms with Gasteiger partial charge in [-0.2, -0.15) is 5.10 Å². The van der Waals surface area contributed by atoms with E-state index in [1.54, 1.807) is 36.4 Å². The van der Waals surface area contributed by atoms with E-state index >= 15 is 0 Å². The number of benzene rings is 2. The standard InChI is InChI=1S/C16H9Cl2FN2O/c17-11-4-2-6-13(8-11)21-16(18)14(9-22)15(20-21)10-3-1-5-12(19)7-10/h1-9H. The zero-order chi connectivity index (χ0) is 15.7. The Bertz CT molecular complexity index is 861. The van der Waals surface area contributed by atoms with Crippen LogP contribution in [0.1, 0.15) is 10.4 Å². The van der Waals surface area contributed by atoms with Crippen LogP contribution in [-0.2, 0) is 0 Å². The van der Waals surface area contributed by atoms with Crippen LogP contribution in [-0.4, -0.2) is 16.1 Å². The van der Waals surface area contributed by atoms with Gasteiger partial charge in [0.2, 0.25) is 0 Å². The first kappa shape index (κ1) is 14.8. The molecule has 2 aromatic carbocycles. The van der Waals surface area contributed by atoms with Gasteiger partial charge in [-0.3, -0.25) is 4.79 Å². The molecule has 3 nitrogen and oxygen atoms in total. The second-order valence-corrected chi connectivity index (χ2v) is 5.37. The molecule has 110 valence electrons. The third-order valence-corrected chi connectivity index (χ3v) is 3.73. The molecule has 0 aliphatic rings. The molecule has 0 aliphatic heterocycles. The fourth-order valence-electron chi connectivity index (χ4n) is 2.14. The Morgan fingerprint density at radius 1 is 1.09 bits per heavy atom. The van der Waals surface area contributed by atoms with Crippen molar-refractivity contribution in [3.05, 3.63) is 70.1 Å². The lowest BCUT2D eigenvalue weighted by molar-refractivity contribution is 0.112. The summed E-state index contributed by atoms with van der Waals surface area (Å²) in [6, 6.07) is 12.7. The number of rotatable bonds is 3. The zero-order valence-corrected chi connectivity index (χ0v) is 12.6. The molecule has 0 radical (unpaired) electrons. The van der Waals surface area contributed by atoms with E-state index in [1.165, 1.54) is 16.8 Å². The number of carbonyl (C=O) groups excluding carboxylic acids is 1. The van der Waals surface area contributed by atoms with Crippen LogP contribution in [0.5, 0.6) is 0 Å². The van der Waals surface area contributed by atoms with Crippen LogP contribution in [0.3, 0.4) is 0 Å². The lowest BCUT2D eigenvalue weighted by Crippen LogP contribution is -1.96. The third kappa shape index (κ3) is 2.63. The zero-order valence-electron chi connectivity index (χ0n) is 11.1. The van der Waals surface area contributed by atoms with Crippen LogP contribution < -0.4 is 0 Å². The van der Waals surface area contributed by atoms with Crippen molar-refractivity contribution < 1.29 is 9.18 Å². The molecule has 3 aromatic rings. The van der Waals surface area contributed by atoms with Crippen molar-refractivity contribution in [3.63, 3.8) is 0 Å². The van der Waals surface area contributed by atoms with Crippen molar-refractivity contribution in [1.29, 1.82) is 0 Å². The van der Waals surface area contributed by atoms with Crippen molar-refractivity contribution in [1.82, 2.24) is 9.78 Å². The van der Waals surface area contributed by atoms with E-state index in [-0.39, 0.29) is 10.7 Å². The van der Waals surface area contributed by atoms with E-state index in [4.69, 9.17) is 23.2 Å². The minimum absolute atomic E-state index is 0.150. The van der Waals surface area contributed by atoms with Gasteiger partial charge in [0.05, 0.1) is 11.3 Å². The molecular formula is C16H9Cl2FN2O. The highest BCUT2D eigenvalue weighted by Gasteiger charge is 2.18. The van der Waals surface area contributed by atoms with E-state index in [9.17, 15) is 9.18 Å². The molecule has 6 heteroatoms. The molecular weight excluding hydrogens is 326 g/mol. The van der Waals surface area contributed by atoms with Crippen LogP contribution in [0.25, 0.3) is 16.9 Å². The number of nitrogens with zero attached hydrogens (tertiary/aromatic N) is 2. The number of hydrogen-bond acceptors (Lipinski definition) is 2. The molecule has 22 heavy (non-hydrogen) atoms. The maximum atomic E-state index is 13.4. The predicted octanol–water partition coefficient (Wildman–Crippen LogP) is 4.80. The SMILES string of the molecule is O=Cc1c(-c2cccc(F)c2)nn(-c2cccc(Cl)c2)c1Cl. The van der Waals surface area contributed by atoms with Gasteiger partial charge in [-0.15, -0.1) is 0 Å². The average Bonchev–Trinajstić information content (AvgIpc) is 2.84. The summed E-state index contributed by atoms with van der Waals surface area (Å²) in [5.74, 6) is -0.414. The largest absolute Gasteiger partial charge is 0.298 e. The number of aldehydes is 1. The van der Waals surface area contributed by atoms with Gasteiger partial charge in [0.15, 0.2) is 6.29 Å². The normalized spacial score (nSPS) is 10.7. The van der Waals surface area contributed by atoms with E-state index in [0.29, 0.717) is 28.3 Å². The first-order chi connectivity index (χ1) is 10.6. The molecule has 1 aromatic heterocycles. The van der Waals surface area contributed by atoms with Crippen LogP contribution in [0.15, 0.2) is 48.5 Å². The minimum Gasteiger partial charge on any atom is -0.298 e. The summed E-state index contributed by atoms with van der Waals surface area (Å²) in [6.45, 7) is 0. The third-order valence-electron chi connectivity index (χ3n) is 3.13. The van der Waals surface area contributed by atoms with Gasteiger partial charge in [-0.1, -0.05) is 41.4 Å². The molecule has 0 saturated heterocycles. The molecule has 0 atom stereocenters. The molecule has 0 unspecified atom stereocenters. The summed E-state index contributed by atoms with van der Waals surface area (Å²) < 4.78 is 14.8. The Balaban J connectivity index is 2.21. The number of hydrogen-bond donors (Lipinski definition) is 0. The highest BCUT2D eigenvalue weighted by Crippen LogP contribution is 2.30. The van der Waals surface area contributed by atoms with Crippen LogP contribution in [0.2, 0.25) is 10.2 Å². The van der Waals surface area contributed by atoms with Gasteiger partial charge >= 0.3 is 0 Å². The first-order valence-corrected chi connectivity index (χ1v) is 7.11. The first-order valence-electron chi connectivity index (χ1n) is 6.35. The second kappa shape index (κ2) is 5.91. The Hall–Kier alpha value is -2.17. The number of halogens is 3. The highest BCUT2D eigenvalue weighted by atomic mass is 35.5. The van der Waals surface area contributed by atoms with Gasteiger partial charge < -0.3 is 0 Å². The summed E-state index contributed by atoms with van der Waals surface area (Å²) in [6.07, 6.45) is 0.608. The van der Waals surface area contributed by atoms with E-state index in [0.717, 1.165) is 0 Å². The number of carbonyl (C=O) groups is 1. The lowest BCUT2D eigenvalue weighted by Gasteiger charge is -2.03. The molecule has 3 rings (SSSR count). The topological polar surface area (TPSA) is 34.9 Å². The molecule has 0 N–H and O–H groups in total. The van der Waals surface area contributed by atoms with Crippen LogP contribution >= 0.6 is 23.2 Å². The second-order valence-electron chi connectivity index (χ2n) is 4.57. The maximum Gasteiger partial charge on any atom is 0.155 e. The maximum absolute atomic E-state index is 13.4. The Morgan fingerprint density at radius 2 is 1.86 bits per heavy atom. The summed E-state index contributed by atoms with van der Waals surface area (Å²) in [4.78, 5) is 11.4. The highest BCUT2D eigenvalue weighted by molar-refractivity contribution is 6.33. The molecule has 1 heterocycles. The average molecular weight is 335 g/mol. The van der Waals surface area contributed by atoms with Gasteiger partial charge in [0.25, 0.3) is 0 Å². The smallest absolute Gasteiger partial charge is 0.155 e. The predicted molar refractivity (Wildman–Crippen MR) is 84.4 cm³/mol. The fourth-order valence-corrected chi connectivity index (χ4v) is 2.60. The fraction of sp³-hybridized carbons (Fsp3) is 0. The van der Waals surface area contributed by atoms with Crippen molar-refractivity contribution in [2.75, 3.05) is 0 Å². The van der Waals surface area contributed by atoms with Gasteiger partial charge in [-0.25, -0.2) is 9.07 Å². The molecule has 0 bridgehead atoms. The molecule has 0 aliphatic carbocycles. The quantitative estimate of drug-likeness (QED) is 0.645. The van der Waals surface area contributed by atoms with Gasteiger partial charge in [0.1, 0.15) is 16.7 Å². The number of aromatic nitrogens is 2. The van der Waals surface area contributed by atoms with Gasteiger partial charge in [-0.05, 0) is 30.3 Å². The Labute approximate surface area is 135 Å². The minimum atomic E-state index is -0.414. The molecule has 0 spiro atoms. The van der Waals surface area contributed by atoms with Crippen molar-refractivity contribution >= 4 is 29.5 Å². The van der Waals surface area contributed by atoms with E-state index < -0.39 is 5.82 Å². The molecule has 0 saturated carbocycles.